The molecule has 5 heteroatoms. The van der Waals surface area contributed by atoms with Gasteiger partial charge in [0.25, 0.3) is 0 Å². The molecule has 106 valence electrons. The van der Waals surface area contributed by atoms with Gasteiger partial charge in [-0.25, -0.2) is 4.79 Å². The predicted octanol–water partition coefficient (Wildman–Crippen LogP) is 4.12. The van der Waals surface area contributed by atoms with Crippen LogP contribution in [0.15, 0.2) is 41.0 Å². The second-order valence-corrected chi connectivity index (χ2v) is 5.47. The number of aromatic nitrogens is 1. The number of ether oxygens (including phenoxy) is 1. The summed E-state index contributed by atoms with van der Waals surface area (Å²) in [6.07, 6.45) is 2.77. The standard InChI is InChI=1S/C15H16BrNO3/c1-3-10(2)20-13-6-4-5-12(8-13)17-9-11(16)7-14(17)15(18)19/h4-10H,3H2,1-2H3,(H,18,19). The number of carboxylic acid groups (broad SMARTS) is 1. The minimum Gasteiger partial charge on any atom is -0.491 e. The van der Waals surface area contributed by atoms with E-state index < -0.39 is 5.97 Å². The van der Waals surface area contributed by atoms with E-state index in [1.807, 2.05) is 31.2 Å². The molecule has 4 nitrogen and oxygen atoms in total. The number of nitrogens with zero attached hydrogens (tertiary/aromatic N) is 1. The van der Waals surface area contributed by atoms with Gasteiger partial charge in [0, 0.05) is 22.4 Å². The summed E-state index contributed by atoms with van der Waals surface area (Å²) in [4.78, 5) is 11.2. The Balaban J connectivity index is 2.38. The van der Waals surface area contributed by atoms with Crippen LogP contribution in [0.4, 0.5) is 0 Å². The highest BCUT2D eigenvalue weighted by molar-refractivity contribution is 9.10. The van der Waals surface area contributed by atoms with Crippen LogP contribution in [0.5, 0.6) is 5.75 Å². The van der Waals surface area contributed by atoms with Gasteiger partial charge in [-0.05, 0) is 47.5 Å². The maximum Gasteiger partial charge on any atom is 0.352 e. The maximum absolute atomic E-state index is 11.2. The first kappa shape index (κ1) is 14.7. The maximum atomic E-state index is 11.2. The highest BCUT2D eigenvalue weighted by Gasteiger charge is 2.13. The normalized spacial score (nSPS) is 12.2. The van der Waals surface area contributed by atoms with Gasteiger partial charge >= 0.3 is 5.97 Å². The fourth-order valence-electron chi connectivity index (χ4n) is 1.83. The van der Waals surface area contributed by atoms with Crippen LogP contribution < -0.4 is 4.74 Å². The van der Waals surface area contributed by atoms with E-state index in [4.69, 9.17) is 4.74 Å². The van der Waals surface area contributed by atoms with Gasteiger partial charge in [-0.1, -0.05) is 13.0 Å². The highest BCUT2D eigenvalue weighted by Crippen LogP contribution is 2.23. The minimum absolute atomic E-state index is 0.126. The zero-order valence-electron chi connectivity index (χ0n) is 11.3. The first-order valence-corrected chi connectivity index (χ1v) is 7.19. The lowest BCUT2D eigenvalue weighted by Gasteiger charge is -2.14. The van der Waals surface area contributed by atoms with Gasteiger partial charge in [-0.15, -0.1) is 0 Å². The van der Waals surface area contributed by atoms with Crippen LogP contribution >= 0.6 is 15.9 Å². The van der Waals surface area contributed by atoms with Crippen molar-refractivity contribution in [2.45, 2.75) is 26.4 Å². The number of rotatable bonds is 5. The molecular weight excluding hydrogens is 322 g/mol. The van der Waals surface area contributed by atoms with E-state index in [0.29, 0.717) is 0 Å². The van der Waals surface area contributed by atoms with Crippen LogP contribution in [-0.4, -0.2) is 21.7 Å². The van der Waals surface area contributed by atoms with Crippen molar-refractivity contribution >= 4 is 21.9 Å². The third-order valence-electron chi connectivity index (χ3n) is 3.01. The fraction of sp³-hybridized carbons (Fsp3) is 0.267. The first-order chi connectivity index (χ1) is 9.51. The van der Waals surface area contributed by atoms with Crippen molar-refractivity contribution in [3.8, 4) is 11.4 Å². The largest absolute Gasteiger partial charge is 0.491 e. The van der Waals surface area contributed by atoms with E-state index in [2.05, 4.69) is 22.9 Å². The minimum atomic E-state index is -0.969. The molecule has 2 aromatic rings. The lowest BCUT2D eigenvalue weighted by atomic mass is 10.2. The molecule has 1 aromatic heterocycles. The van der Waals surface area contributed by atoms with E-state index in [9.17, 15) is 9.90 Å². The summed E-state index contributed by atoms with van der Waals surface area (Å²) in [6.45, 7) is 4.06. The Morgan fingerprint density at radius 1 is 1.45 bits per heavy atom. The van der Waals surface area contributed by atoms with Gasteiger partial charge in [-0.3, -0.25) is 0 Å². The molecule has 0 aliphatic carbocycles. The molecule has 1 unspecified atom stereocenters. The number of halogens is 1. The molecule has 1 N–H and O–H groups in total. The fourth-order valence-corrected chi connectivity index (χ4v) is 2.25. The lowest BCUT2D eigenvalue weighted by Crippen LogP contribution is -2.10. The Morgan fingerprint density at radius 3 is 2.85 bits per heavy atom. The molecule has 2 rings (SSSR count). The summed E-state index contributed by atoms with van der Waals surface area (Å²) in [5.74, 6) is -0.234. The molecule has 20 heavy (non-hydrogen) atoms. The molecule has 0 radical (unpaired) electrons. The van der Waals surface area contributed by atoms with Crippen molar-refractivity contribution in [1.29, 1.82) is 0 Å². The lowest BCUT2D eigenvalue weighted by molar-refractivity contribution is 0.0688. The summed E-state index contributed by atoms with van der Waals surface area (Å²) >= 11 is 3.30. The molecule has 0 spiro atoms. The van der Waals surface area contributed by atoms with E-state index in [1.54, 1.807) is 16.8 Å². The van der Waals surface area contributed by atoms with Crippen LogP contribution in [0, 0.1) is 0 Å². The van der Waals surface area contributed by atoms with Gasteiger partial charge in [-0.2, -0.15) is 0 Å². The molecule has 1 aromatic carbocycles. The SMILES string of the molecule is CCC(C)Oc1cccc(-n2cc(Br)cc2C(=O)O)c1. The van der Waals surface area contributed by atoms with E-state index >= 15 is 0 Å². The number of carboxylic acids is 1. The van der Waals surface area contributed by atoms with E-state index in [0.717, 1.165) is 22.3 Å². The molecule has 0 aliphatic heterocycles. The van der Waals surface area contributed by atoms with Crippen LogP contribution in [0.2, 0.25) is 0 Å². The van der Waals surface area contributed by atoms with Gasteiger partial charge in [0.15, 0.2) is 0 Å². The number of hydrogen-bond acceptors (Lipinski definition) is 2. The summed E-state index contributed by atoms with van der Waals surface area (Å²) in [7, 11) is 0. The summed E-state index contributed by atoms with van der Waals surface area (Å²) in [6, 6.07) is 8.99. The smallest absolute Gasteiger partial charge is 0.352 e. The van der Waals surface area contributed by atoms with Gasteiger partial charge in [0.05, 0.1) is 6.10 Å². The Morgan fingerprint density at radius 2 is 2.20 bits per heavy atom. The van der Waals surface area contributed by atoms with E-state index in [-0.39, 0.29) is 11.8 Å². The van der Waals surface area contributed by atoms with Crippen molar-refractivity contribution in [2.75, 3.05) is 0 Å². The van der Waals surface area contributed by atoms with Crippen LogP contribution in [0.3, 0.4) is 0 Å². The van der Waals surface area contributed by atoms with Crippen molar-refractivity contribution in [3.63, 3.8) is 0 Å². The second kappa shape index (κ2) is 6.13. The molecule has 1 atom stereocenters. The predicted molar refractivity (Wildman–Crippen MR) is 80.8 cm³/mol. The van der Waals surface area contributed by atoms with Crippen molar-refractivity contribution in [1.82, 2.24) is 4.57 Å². The molecule has 0 aliphatic rings. The molecule has 0 bridgehead atoms. The van der Waals surface area contributed by atoms with Gasteiger partial charge < -0.3 is 14.4 Å². The Kier molecular flexibility index (Phi) is 4.49. The number of aromatic carboxylic acids is 1. The van der Waals surface area contributed by atoms with Crippen molar-refractivity contribution in [3.05, 3.63) is 46.7 Å². The topological polar surface area (TPSA) is 51.5 Å². The van der Waals surface area contributed by atoms with Crippen LogP contribution in [0.1, 0.15) is 30.8 Å². The Labute approximate surface area is 126 Å². The molecule has 0 fully saturated rings. The van der Waals surface area contributed by atoms with Gasteiger partial charge in [0.1, 0.15) is 11.4 Å². The van der Waals surface area contributed by atoms with Crippen molar-refractivity contribution in [2.24, 2.45) is 0 Å². The van der Waals surface area contributed by atoms with E-state index in [1.165, 1.54) is 0 Å². The highest BCUT2D eigenvalue weighted by atomic mass is 79.9. The molecule has 0 amide bonds. The third-order valence-corrected chi connectivity index (χ3v) is 3.45. The zero-order chi connectivity index (χ0) is 14.7. The van der Waals surface area contributed by atoms with Crippen LogP contribution in [0.25, 0.3) is 5.69 Å². The number of hydrogen-bond donors (Lipinski definition) is 1. The summed E-state index contributed by atoms with van der Waals surface area (Å²) in [5, 5.41) is 9.22. The first-order valence-electron chi connectivity index (χ1n) is 6.39. The number of carbonyl (C=O) groups is 1. The Bertz CT molecular complexity index is 621. The summed E-state index contributed by atoms with van der Waals surface area (Å²) in [5.41, 5.74) is 0.964. The molecule has 0 saturated heterocycles. The monoisotopic (exact) mass is 337 g/mol. The summed E-state index contributed by atoms with van der Waals surface area (Å²) < 4.78 is 8.11. The molecule has 0 saturated carbocycles. The van der Waals surface area contributed by atoms with Crippen molar-refractivity contribution < 1.29 is 14.6 Å². The zero-order valence-corrected chi connectivity index (χ0v) is 12.9. The number of benzene rings is 1. The molecule has 1 heterocycles. The quantitative estimate of drug-likeness (QED) is 0.892. The molecular formula is C15H16BrNO3. The van der Waals surface area contributed by atoms with Gasteiger partial charge in [0.2, 0.25) is 0 Å². The van der Waals surface area contributed by atoms with Crippen LogP contribution in [-0.2, 0) is 0 Å². The average molecular weight is 338 g/mol. The average Bonchev–Trinajstić information content (AvgIpc) is 2.81. The third kappa shape index (κ3) is 3.22. The second-order valence-electron chi connectivity index (χ2n) is 4.55. The Hall–Kier alpha value is -1.75.